The van der Waals surface area contributed by atoms with E-state index in [2.05, 4.69) is 39.5 Å². The van der Waals surface area contributed by atoms with Crippen molar-refractivity contribution in [1.82, 2.24) is 10.2 Å². The van der Waals surface area contributed by atoms with Crippen LogP contribution in [0.1, 0.15) is 12.8 Å². The van der Waals surface area contributed by atoms with E-state index in [9.17, 15) is 8.42 Å². The highest BCUT2D eigenvalue weighted by Crippen LogP contribution is 2.26. The quantitative estimate of drug-likeness (QED) is 0.286. The van der Waals surface area contributed by atoms with E-state index in [1.807, 2.05) is 17.8 Å². The molecule has 2 unspecified atom stereocenters. The van der Waals surface area contributed by atoms with Gasteiger partial charge in [0.25, 0.3) is 0 Å². The fourth-order valence-electron chi connectivity index (χ4n) is 3.49. The molecular weight excluding hydrogens is 481 g/mol. The Morgan fingerprint density at radius 2 is 2.04 bits per heavy atom. The van der Waals surface area contributed by atoms with Crippen molar-refractivity contribution in [3.63, 3.8) is 0 Å². The number of thioether (sulfide) groups is 1. The van der Waals surface area contributed by atoms with E-state index >= 15 is 0 Å². The Labute approximate surface area is 178 Å². The number of benzene rings is 1. The molecule has 2 aliphatic heterocycles. The zero-order valence-electron chi connectivity index (χ0n) is 15.1. The lowest BCUT2D eigenvalue weighted by Crippen LogP contribution is -2.42. The summed E-state index contributed by atoms with van der Waals surface area (Å²) in [4.78, 5) is 8.03. The second kappa shape index (κ2) is 10.2. The van der Waals surface area contributed by atoms with E-state index in [1.54, 1.807) is 7.05 Å². The molecule has 5 nitrogen and oxygen atoms in total. The third-order valence-electron chi connectivity index (χ3n) is 4.90. The van der Waals surface area contributed by atoms with Crippen molar-refractivity contribution in [2.75, 3.05) is 43.9 Å². The normalized spacial score (nSPS) is 25.1. The van der Waals surface area contributed by atoms with Gasteiger partial charge in [0.15, 0.2) is 15.8 Å². The number of halogens is 1. The fraction of sp³-hybridized carbons (Fsp3) is 0.611. The first-order chi connectivity index (χ1) is 12.1. The zero-order valence-corrected chi connectivity index (χ0v) is 19.1. The molecule has 2 fully saturated rings. The predicted molar refractivity (Wildman–Crippen MR) is 120 cm³/mol. The van der Waals surface area contributed by atoms with Crippen LogP contribution in [0.5, 0.6) is 0 Å². The number of likely N-dealkylation sites (tertiary alicyclic amines) is 1. The van der Waals surface area contributed by atoms with Crippen LogP contribution in [0.4, 0.5) is 0 Å². The molecule has 1 aromatic carbocycles. The van der Waals surface area contributed by atoms with E-state index in [4.69, 9.17) is 0 Å². The summed E-state index contributed by atoms with van der Waals surface area (Å²) in [6, 6.07) is 10.5. The molecule has 26 heavy (non-hydrogen) atoms. The largest absolute Gasteiger partial charge is 0.356 e. The molecule has 1 N–H and O–H groups in total. The molecule has 0 bridgehead atoms. The average molecular weight is 509 g/mol. The highest BCUT2D eigenvalue weighted by atomic mass is 127. The van der Waals surface area contributed by atoms with Gasteiger partial charge >= 0.3 is 0 Å². The minimum atomic E-state index is -2.81. The molecule has 0 aliphatic carbocycles. The molecule has 2 atom stereocenters. The fourth-order valence-corrected chi connectivity index (χ4v) is 6.40. The van der Waals surface area contributed by atoms with Crippen molar-refractivity contribution < 1.29 is 8.42 Å². The maximum atomic E-state index is 11.6. The Hall–Kier alpha value is -0.480. The van der Waals surface area contributed by atoms with Gasteiger partial charge in [-0.15, -0.1) is 35.7 Å². The summed E-state index contributed by atoms with van der Waals surface area (Å²) < 4.78 is 23.1. The SMILES string of the molecule is CN=C(NCC1CCS(=O)(=O)C1)N1CCC(CSc2ccccc2)C1.I. The molecule has 0 amide bonds. The van der Waals surface area contributed by atoms with E-state index < -0.39 is 9.84 Å². The van der Waals surface area contributed by atoms with Crippen LogP contribution in [-0.2, 0) is 9.84 Å². The molecular formula is C18H28IN3O2S2. The van der Waals surface area contributed by atoms with Gasteiger partial charge < -0.3 is 10.2 Å². The lowest BCUT2D eigenvalue weighted by molar-refractivity contribution is 0.462. The molecule has 0 aromatic heterocycles. The first-order valence-corrected chi connectivity index (χ1v) is 11.7. The Bertz CT molecular complexity index is 698. The summed E-state index contributed by atoms with van der Waals surface area (Å²) in [5.41, 5.74) is 0. The summed E-state index contributed by atoms with van der Waals surface area (Å²) in [6.45, 7) is 2.73. The highest BCUT2D eigenvalue weighted by Gasteiger charge is 2.29. The number of sulfone groups is 1. The van der Waals surface area contributed by atoms with E-state index in [0.717, 1.165) is 31.2 Å². The van der Waals surface area contributed by atoms with Crippen molar-refractivity contribution in [1.29, 1.82) is 0 Å². The van der Waals surface area contributed by atoms with Crippen LogP contribution < -0.4 is 5.32 Å². The van der Waals surface area contributed by atoms with Gasteiger partial charge in [0.05, 0.1) is 11.5 Å². The lowest BCUT2D eigenvalue weighted by atomic mass is 10.1. The third-order valence-corrected chi connectivity index (χ3v) is 7.98. The van der Waals surface area contributed by atoms with Crippen molar-refractivity contribution >= 4 is 51.5 Å². The minimum Gasteiger partial charge on any atom is -0.356 e. The van der Waals surface area contributed by atoms with Crippen molar-refractivity contribution in [3.8, 4) is 0 Å². The zero-order chi connectivity index (χ0) is 17.7. The molecule has 8 heteroatoms. The number of hydrogen-bond donors (Lipinski definition) is 1. The summed E-state index contributed by atoms with van der Waals surface area (Å²) in [7, 11) is -1.00. The summed E-state index contributed by atoms with van der Waals surface area (Å²) >= 11 is 1.92. The number of rotatable bonds is 5. The Kier molecular flexibility index (Phi) is 8.53. The summed E-state index contributed by atoms with van der Waals surface area (Å²) in [5.74, 6) is 3.56. The topological polar surface area (TPSA) is 61.8 Å². The van der Waals surface area contributed by atoms with Crippen molar-refractivity contribution in [3.05, 3.63) is 30.3 Å². The number of hydrogen-bond acceptors (Lipinski definition) is 4. The lowest BCUT2D eigenvalue weighted by Gasteiger charge is -2.23. The minimum absolute atomic E-state index is 0. The van der Waals surface area contributed by atoms with Gasteiger partial charge in [-0.25, -0.2) is 8.42 Å². The maximum absolute atomic E-state index is 11.6. The molecule has 2 saturated heterocycles. The van der Waals surface area contributed by atoms with Crippen LogP contribution in [0.15, 0.2) is 40.2 Å². The molecule has 0 saturated carbocycles. The maximum Gasteiger partial charge on any atom is 0.193 e. The third kappa shape index (κ3) is 6.30. The van der Waals surface area contributed by atoms with E-state index in [-0.39, 0.29) is 29.9 Å². The van der Waals surface area contributed by atoms with Crippen LogP contribution >= 0.6 is 35.7 Å². The van der Waals surface area contributed by atoms with Gasteiger partial charge in [-0.2, -0.15) is 0 Å². The second-order valence-corrected chi connectivity index (χ2v) is 10.2. The highest BCUT2D eigenvalue weighted by molar-refractivity contribution is 14.0. The number of guanidine groups is 1. The van der Waals surface area contributed by atoms with Crippen LogP contribution in [0, 0.1) is 11.8 Å². The van der Waals surface area contributed by atoms with Crippen LogP contribution in [0.2, 0.25) is 0 Å². The molecule has 0 radical (unpaired) electrons. The Balaban J connectivity index is 0.00000243. The van der Waals surface area contributed by atoms with Crippen LogP contribution in [-0.4, -0.2) is 63.2 Å². The van der Waals surface area contributed by atoms with Gasteiger partial charge in [0.1, 0.15) is 0 Å². The Morgan fingerprint density at radius 1 is 1.27 bits per heavy atom. The first kappa shape index (κ1) is 21.8. The van der Waals surface area contributed by atoms with Crippen molar-refractivity contribution in [2.24, 2.45) is 16.8 Å². The first-order valence-electron chi connectivity index (χ1n) is 8.89. The Morgan fingerprint density at radius 3 is 2.69 bits per heavy atom. The molecule has 2 aliphatic rings. The summed E-state index contributed by atoms with van der Waals surface area (Å²) in [5, 5.41) is 3.39. The second-order valence-electron chi connectivity index (χ2n) is 6.92. The van der Waals surface area contributed by atoms with Crippen molar-refractivity contribution in [2.45, 2.75) is 17.7 Å². The van der Waals surface area contributed by atoms with Gasteiger partial charge in [-0.3, -0.25) is 4.99 Å². The van der Waals surface area contributed by atoms with Gasteiger partial charge in [0, 0.05) is 37.3 Å². The van der Waals surface area contributed by atoms with Gasteiger partial charge in [-0.1, -0.05) is 18.2 Å². The molecule has 3 rings (SSSR count). The molecule has 2 heterocycles. The predicted octanol–water partition coefficient (Wildman–Crippen LogP) is 2.73. The number of nitrogens with one attached hydrogen (secondary N) is 1. The molecule has 0 spiro atoms. The van der Waals surface area contributed by atoms with E-state index in [1.165, 1.54) is 11.3 Å². The number of aliphatic imine (C=N–C) groups is 1. The van der Waals surface area contributed by atoms with Gasteiger partial charge in [-0.05, 0) is 36.8 Å². The monoisotopic (exact) mass is 509 g/mol. The van der Waals surface area contributed by atoms with Gasteiger partial charge in [0.2, 0.25) is 0 Å². The molecule has 1 aromatic rings. The average Bonchev–Trinajstić information content (AvgIpc) is 3.21. The number of nitrogens with zero attached hydrogens (tertiary/aromatic N) is 2. The smallest absolute Gasteiger partial charge is 0.193 e. The van der Waals surface area contributed by atoms with E-state index in [0.29, 0.717) is 24.0 Å². The standard InChI is InChI=1S/C18H27N3O2S2.HI/c1-19-18(20-11-15-8-10-25(22,23)14-15)21-9-7-16(12-21)13-24-17-5-3-2-4-6-17;/h2-6,15-16H,7-14H2,1H3,(H,19,20);1H. The summed E-state index contributed by atoms with van der Waals surface area (Å²) in [6.07, 6.45) is 1.95. The molecule has 146 valence electrons. The van der Waals surface area contributed by atoms with Crippen LogP contribution in [0.3, 0.4) is 0 Å². The van der Waals surface area contributed by atoms with Crippen LogP contribution in [0.25, 0.3) is 0 Å².